The predicted molar refractivity (Wildman–Crippen MR) is 72.1 cm³/mol. The van der Waals surface area contributed by atoms with Crippen molar-refractivity contribution in [2.75, 3.05) is 25.5 Å². The molecule has 100 valence electrons. The fourth-order valence-corrected chi connectivity index (χ4v) is 1.48. The van der Waals surface area contributed by atoms with E-state index in [1.54, 1.807) is 12.1 Å². The molecule has 0 fully saturated rings. The van der Waals surface area contributed by atoms with Gasteiger partial charge in [0.1, 0.15) is 5.69 Å². The van der Waals surface area contributed by atoms with Crippen molar-refractivity contribution in [2.45, 2.75) is 26.3 Å². The Hall–Kier alpha value is -1.62. The Bertz CT molecular complexity index is 394. The van der Waals surface area contributed by atoms with E-state index >= 15 is 0 Å². The molecule has 0 aromatic carbocycles. The van der Waals surface area contributed by atoms with Gasteiger partial charge in [-0.2, -0.15) is 0 Å². The first-order valence-electron chi connectivity index (χ1n) is 6.14. The number of carboxylic acids is 1. The first-order chi connectivity index (χ1) is 8.50. The quantitative estimate of drug-likeness (QED) is 0.725. The largest absolute Gasteiger partial charge is 0.477 e. The fraction of sp³-hybridized carbons (Fsp3) is 0.538. The number of aromatic nitrogens is 1. The summed E-state index contributed by atoms with van der Waals surface area (Å²) in [6, 6.07) is 3.87. The normalized spacial score (nSPS) is 10.9. The second kappa shape index (κ2) is 6.96. The summed E-state index contributed by atoms with van der Waals surface area (Å²) < 4.78 is 0. The van der Waals surface area contributed by atoms with Gasteiger partial charge < -0.3 is 15.3 Å². The third-order valence-corrected chi connectivity index (χ3v) is 2.88. The van der Waals surface area contributed by atoms with E-state index in [-0.39, 0.29) is 5.69 Å². The summed E-state index contributed by atoms with van der Waals surface area (Å²) in [6.45, 7) is 6.16. The summed E-state index contributed by atoms with van der Waals surface area (Å²) in [5.74, 6) is -1.00. The first kappa shape index (κ1) is 14.4. The number of nitrogens with zero attached hydrogens (tertiary/aromatic N) is 2. The maximum absolute atomic E-state index is 10.8. The second-order valence-corrected chi connectivity index (χ2v) is 4.59. The van der Waals surface area contributed by atoms with Crippen molar-refractivity contribution in [3.05, 3.63) is 24.0 Å². The minimum Gasteiger partial charge on any atom is -0.477 e. The number of aromatic carboxylic acids is 1. The Kier molecular flexibility index (Phi) is 5.58. The van der Waals surface area contributed by atoms with Crippen LogP contribution in [0.2, 0.25) is 0 Å². The highest BCUT2D eigenvalue weighted by atomic mass is 16.4. The number of rotatable bonds is 7. The van der Waals surface area contributed by atoms with Crippen LogP contribution in [0.3, 0.4) is 0 Å². The molecule has 0 atom stereocenters. The van der Waals surface area contributed by atoms with E-state index in [0.29, 0.717) is 6.04 Å². The van der Waals surface area contributed by atoms with E-state index in [1.165, 1.54) is 6.20 Å². The smallest absolute Gasteiger partial charge is 0.354 e. The lowest BCUT2D eigenvalue weighted by molar-refractivity contribution is 0.0690. The highest BCUT2D eigenvalue weighted by molar-refractivity contribution is 5.86. The lowest BCUT2D eigenvalue weighted by Gasteiger charge is -2.20. The Morgan fingerprint density at radius 2 is 2.28 bits per heavy atom. The number of carbonyl (C=O) groups is 1. The van der Waals surface area contributed by atoms with Crippen molar-refractivity contribution in [2.24, 2.45) is 0 Å². The third-order valence-electron chi connectivity index (χ3n) is 2.88. The topological polar surface area (TPSA) is 65.5 Å². The molecule has 1 heterocycles. The Morgan fingerprint density at radius 1 is 1.56 bits per heavy atom. The zero-order valence-electron chi connectivity index (χ0n) is 11.2. The number of carboxylic acid groups (broad SMARTS) is 1. The van der Waals surface area contributed by atoms with Crippen molar-refractivity contribution in [1.29, 1.82) is 0 Å². The van der Waals surface area contributed by atoms with Gasteiger partial charge in [-0.25, -0.2) is 9.78 Å². The van der Waals surface area contributed by atoms with Crippen molar-refractivity contribution in [3.63, 3.8) is 0 Å². The minimum atomic E-state index is -1.00. The van der Waals surface area contributed by atoms with Crippen LogP contribution in [0.1, 0.15) is 30.8 Å². The van der Waals surface area contributed by atoms with E-state index in [4.69, 9.17) is 5.11 Å². The molecule has 5 heteroatoms. The molecule has 1 rings (SSSR count). The maximum atomic E-state index is 10.8. The highest BCUT2D eigenvalue weighted by Crippen LogP contribution is 2.08. The van der Waals surface area contributed by atoms with Gasteiger partial charge in [-0.3, -0.25) is 0 Å². The zero-order chi connectivity index (χ0) is 13.5. The van der Waals surface area contributed by atoms with Gasteiger partial charge >= 0.3 is 5.97 Å². The summed E-state index contributed by atoms with van der Waals surface area (Å²) in [7, 11) is 2.10. The molecule has 2 N–H and O–H groups in total. The van der Waals surface area contributed by atoms with Crippen molar-refractivity contribution in [1.82, 2.24) is 9.88 Å². The van der Waals surface area contributed by atoms with Crippen LogP contribution in [0.4, 0.5) is 5.69 Å². The summed E-state index contributed by atoms with van der Waals surface area (Å²) in [6.07, 6.45) is 2.52. The Balaban J connectivity index is 2.35. The van der Waals surface area contributed by atoms with Gasteiger partial charge in [0.05, 0.1) is 0 Å². The zero-order valence-corrected chi connectivity index (χ0v) is 11.2. The molecule has 0 bridgehead atoms. The molecule has 1 aromatic heterocycles. The molecule has 0 aliphatic heterocycles. The predicted octanol–water partition coefficient (Wildman–Crippen LogP) is 1.92. The lowest BCUT2D eigenvalue weighted by atomic mass is 10.3. The van der Waals surface area contributed by atoms with Crippen LogP contribution in [0, 0.1) is 0 Å². The van der Waals surface area contributed by atoms with Gasteiger partial charge in [-0.15, -0.1) is 0 Å². The van der Waals surface area contributed by atoms with E-state index in [2.05, 4.69) is 36.1 Å². The summed E-state index contributed by atoms with van der Waals surface area (Å²) >= 11 is 0. The van der Waals surface area contributed by atoms with Crippen LogP contribution in [0.15, 0.2) is 18.3 Å². The average Bonchev–Trinajstić information content (AvgIpc) is 2.34. The van der Waals surface area contributed by atoms with Crippen molar-refractivity contribution >= 4 is 11.7 Å². The molecule has 0 aliphatic rings. The van der Waals surface area contributed by atoms with Gasteiger partial charge in [0.2, 0.25) is 0 Å². The molecule has 5 nitrogen and oxygen atoms in total. The highest BCUT2D eigenvalue weighted by Gasteiger charge is 2.05. The molecular formula is C13H21N3O2. The summed E-state index contributed by atoms with van der Waals surface area (Å²) in [4.78, 5) is 16.8. The monoisotopic (exact) mass is 251 g/mol. The van der Waals surface area contributed by atoms with Crippen LogP contribution in [-0.2, 0) is 0 Å². The molecule has 0 saturated carbocycles. The van der Waals surface area contributed by atoms with E-state index in [9.17, 15) is 4.79 Å². The minimum absolute atomic E-state index is 0.0688. The van der Waals surface area contributed by atoms with Gasteiger partial charge in [0.25, 0.3) is 0 Å². The van der Waals surface area contributed by atoms with E-state index in [1.807, 2.05) is 0 Å². The van der Waals surface area contributed by atoms with E-state index < -0.39 is 5.97 Å². The van der Waals surface area contributed by atoms with Crippen LogP contribution in [-0.4, -0.2) is 47.1 Å². The van der Waals surface area contributed by atoms with Crippen LogP contribution in [0.25, 0.3) is 0 Å². The van der Waals surface area contributed by atoms with Gasteiger partial charge in [0.15, 0.2) is 0 Å². The Labute approximate surface area is 108 Å². The molecule has 0 aliphatic carbocycles. The summed E-state index contributed by atoms with van der Waals surface area (Å²) in [5, 5.41) is 12.0. The van der Waals surface area contributed by atoms with Crippen LogP contribution in [0.5, 0.6) is 0 Å². The molecule has 0 unspecified atom stereocenters. The molecular weight excluding hydrogens is 230 g/mol. The molecule has 1 aromatic rings. The summed E-state index contributed by atoms with van der Waals surface area (Å²) in [5.41, 5.74) is 0.869. The average molecular weight is 251 g/mol. The van der Waals surface area contributed by atoms with Crippen molar-refractivity contribution < 1.29 is 9.90 Å². The third kappa shape index (κ3) is 4.71. The number of hydrogen-bond donors (Lipinski definition) is 2. The van der Waals surface area contributed by atoms with Crippen molar-refractivity contribution in [3.8, 4) is 0 Å². The molecule has 18 heavy (non-hydrogen) atoms. The second-order valence-electron chi connectivity index (χ2n) is 4.59. The van der Waals surface area contributed by atoms with Crippen LogP contribution < -0.4 is 5.32 Å². The van der Waals surface area contributed by atoms with Gasteiger partial charge in [-0.1, -0.05) is 0 Å². The van der Waals surface area contributed by atoms with Gasteiger partial charge in [-0.05, 0) is 46.0 Å². The van der Waals surface area contributed by atoms with Gasteiger partial charge in [0, 0.05) is 24.5 Å². The first-order valence-corrected chi connectivity index (χ1v) is 6.14. The number of anilines is 1. The molecule has 0 radical (unpaired) electrons. The number of hydrogen-bond acceptors (Lipinski definition) is 4. The standard InChI is InChI=1S/C13H21N3O2/c1-10(2)16(3)8-4-6-14-11-5-7-15-12(9-11)13(17)18/h5,7,9-10H,4,6,8H2,1-3H3,(H,14,15)(H,17,18). The van der Waals surface area contributed by atoms with Crippen LogP contribution >= 0.6 is 0 Å². The SMILES string of the molecule is CC(C)N(C)CCCNc1ccnc(C(=O)O)c1. The number of pyridine rings is 1. The van der Waals surface area contributed by atoms with E-state index in [0.717, 1.165) is 25.2 Å². The fourth-order valence-electron chi connectivity index (χ4n) is 1.48. The number of nitrogens with one attached hydrogen (secondary N) is 1. The maximum Gasteiger partial charge on any atom is 0.354 e. The molecule has 0 saturated heterocycles. The molecule has 0 amide bonds. The lowest BCUT2D eigenvalue weighted by Crippen LogP contribution is -2.28. The molecule has 0 spiro atoms. The Morgan fingerprint density at radius 3 is 2.89 bits per heavy atom.